The lowest BCUT2D eigenvalue weighted by atomic mass is 9.98. The van der Waals surface area contributed by atoms with Gasteiger partial charge in [-0.25, -0.2) is 0 Å². The molecule has 1 unspecified atom stereocenters. The lowest BCUT2D eigenvalue weighted by Gasteiger charge is -2.32. The maximum absolute atomic E-state index is 5.09. The predicted molar refractivity (Wildman–Crippen MR) is 87.8 cm³/mol. The van der Waals surface area contributed by atoms with Crippen LogP contribution in [0, 0.1) is 12.8 Å². The summed E-state index contributed by atoms with van der Waals surface area (Å²) in [7, 11) is 1.68. The number of hydrogen-bond acceptors (Lipinski definition) is 5. The number of ether oxygens (including phenoxy) is 1. The molecule has 0 spiro atoms. The number of rotatable bonds is 6. The fourth-order valence-electron chi connectivity index (χ4n) is 3.14. The van der Waals surface area contributed by atoms with Gasteiger partial charge in [0.05, 0.1) is 12.8 Å². The fraction of sp³-hybridized carbons (Fsp3) is 0.625. The Morgan fingerprint density at radius 2 is 2.32 bits per heavy atom. The molecule has 0 radical (unpaired) electrons. The van der Waals surface area contributed by atoms with Crippen LogP contribution in [0.4, 0.5) is 0 Å². The fourth-order valence-corrected chi connectivity index (χ4v) is 4.07. The van der Waals surface area contributed by atoms with Gasteiger partial charge >= 0.3 is 0 Å². The molecule has 0 bridgehead atoms. The third-order valence-corrected chi connectivity index (χ3v) is 5.09. The van der Waals surface area contributed by atoms with E-state index in [0.717, 1.165) is 25.3 Å². The summed E-state index contributed by atoms with van der Waals surface area (Å²) in [5, 5.41) is 8.35. The highest BCUT2D eigenvalue weighted by Gasteiger charge is 2.21. The number of nitrogens with zero attached hydrogens (tertiary/aromatic N) is 4. The summed E-state index contributed by atoms with van der Waals surface area (Å²) >= 11 is 1.91. The second-order valence-electron chi connectivity index (χ2n) is 6.12. The minimum absolute atomic E-state index is 0.536. The van der Waals surface area contributed by atoms with Crippen LogP contribution in [0.25, 0.3) is 0 Å². The van der Waals surface area contributed by atoms with E-state index in [-0.39, 0.29) is 0 Å². The largest absolute Gasteiger partial charge is 0.378 e. The van der Waals surface area contributed by atoms with Crippen molar-refractivity contribution < 1.29 is 4.74 Å². The van der Waals surface area contributed by atoms with Crippen molar-refractivity contribution in [3.63, 3.8) is 0 Å². The van der Waals surface area contributed by atoms with Crippen LogP contribution in [0.1, 0.15) is 28.3 Å². The molecular weight excluding hydrogens is 296 g/mol. The Morgan fingerprint density at radius 1 is 1.41 bits per heavy atom. The quantitative estimate of drug-likeness (QED) is 0.821. The van der Waals surface area contributed by atoms with Crippen LogP contribution in [0.15, 0.2) is 18.3 Å². The summed E-state index contributed by atoms with van der Waals surface area (Å²) in [6.45, 7) is 7.11. The average Bonchev–Trinajstić information content (AvgIpc) is 3.09. The van der Waals surface area contributed by atoms with Crippen molar-refractivity contribution in [3.05, 3.63) is 33.8 Å². The molecule has 5 nitrogen and oxygen atoms in total. The average molecular weight is 320 g/mol. The third kappa shape index (κ3) is 4.15. The van der Waals surface area contributed by atoms with E-state index < -0.39 is 0 Å². The summed E-state index contributed by atoms with van der Waals surface area (Å²) < 4.78 is 7.06. The van der Waals surface area contributed by atoms with Gasteiger partial charge in [-0.2, -0.15) is 0 Å². The highest BCUT2D eigenvalue weighted by molar-refractivity contribution is 7.11. The molecule has 22 heavy (non-hydrogen) atoms. The smallest absolute Gasteiger partial charge is 0.108 e. The first kappa shape index (κ1) is 15.6. The van der Waals surface area contributed by atoms with Gasteiger partial charge in [-0.3, -0.25) is 9.58 Å². The topological polar surface area (TPSA) is 43.2 Å². The van der Waals surface area contributed by atoms with Crippen LogP contribution in [-0.4, -0.2) is 40.1 Å². The van der Waals surface area contributed by atoms with Gasteiger partial charge in [-0.05, 0) is 44.4 Å². The van der Waals surface area contributed by atoms with Gasteiger partial charge in [-0.15, -0.1) is 16.4 Å². The minimum atomic E-state index is 0.536. The van der Waals surface area contributed by atoms with Crippen molar-refractivity contribution in [1.29, 1.82) is 0 Å². The van der Waals surface area contributed by atoms with Crippen molar-refractivity contribution in [3.8, 4) is 0 Å². The van der Waals surface area contributed by atoms with Crippen LogP contribution in [0.3, 0.4) is 0 Å². The molecule has 3 heterocycles. The molecule has 0 aliphatic carbocycles. The highest BCUT2D eigenvalue weighted by atomic mass is 32.1. The van der Waals surface area contributed by atoms with E-state index in [4.69, 9.17) is 4.74 Å². The Hall–Kier alpha value is -1.24. The summed E-state index contributed by atoms with van der Waals surface area (Å²) in [6, 6.07) is 4.48. The number of aryl methyl sites for hydroxylation is 1. The Morgan fingerprint density at radius 3 is 3.09 bits per heavy atom. The van der Waals surface area contributed by atoms with Crippen molar-refractivity contribution >= 4 is 11.3 Å². The van der Waals surface area contributed by atoms with E-state index in [1.807, 2.05) is 22.2 Å². The summed E-state index contributed by atoms with van der Waals surface area (Å²) in [5.74, 6) is 0.659. The second-order valence-corrected chi connectivity index (χ2v) is 7.49. The molecule has 1 atom stereocenters. The van der Waals surface area contributed by atoms with Crippen molar-refractivity contribution in [2.24, 2.45) is 5.92 Å². The zero-order valence-corrected chi connectivity index (χ0v) is 14.2. The van der Waals surface area contributed by atoms with Gasteiger partial charge in [0.15, 0.2) is 0 Å². The van der Waals surface area contributed by atoms with Crippen molar-refractivity contribution in [2.75, 3.05) is 20.2 Å². The van der Waals surface area contributed by atoms with E-state index in [1.54, 1.807) is 7.11 Å². The first-order valence-electron chi connectivity index (χ1n) is 7.88. The maximum Gasteiger partial charge on any atom is 0.108 e. The lowest BCUT2D eigenvalue weighted by molar-refractivity contribution is 0.154. The zero-order valence-electron chi connectivity index (χ0n) is 13.4. The lowest BCUT2D eigenvalue weighted by Crippen LogP contribution is -2.36. The van der Waals surface area contributed by atoms with Crippen molar-refractivity contribution in [1.82, 2.24) is 19.9 Å². The van der Waals surface area contributed by atoms with E-state index in [0.29, 0.717) is 12.5 Å². The maximum atomic E-state index is 5.09. The number of methoxy groups -OCH3 is 1. The summed E-state index contributed by atoms with van der Waals surface area (Å²) in [4.78, 5) is 5.45. The highest BCUT2D eigenvalue weighted by Crippen LogP contribution is 2.23. The molecule has 120 valence electrons. The molecule has 1 aliphatic heterocycles. The van der Waals surface area contributed by atoms with Gasteiger partial charge in [0.1, 0.15) is 5.69 Å². The molecule has 0 amide bonds. The van der Waals surface area contributed by atoms with E-state index in [2.05, 4.69) is 34.3 Å². The molecule has 1 aliphatic rings. The van der Waals surface area contributed by atoms with Crippen LogP contribution in [0.5, 0.6) is 0 Å². The minimum Gasteiger partial charge on any atom is -0.378 e. The first-order valence-corrected chi connectivity index (χ1v) is 8.70. The molecule has 3 rings (SSSR count). The number of piperidine rings is 1. The van der Waals surface area contributed by atoms with E-state index >= 15 is 0 Å². The summed E-state index contributed by atoms with van der Waals surface area (Å²) in [5.41, 5.74) is 0.907. The van der Waals surface area contributed by atoms with Gasteiger partial charge in [0.2, 0.25) is 0 Å². The monoisotopic (exact) mass is 320 g/mol. The molecule has 0 saturated carbocycles. The molecule has 6 heteroatoms. The zero-order chi connectivity index (χ0) is 15.4. The Labute approximate surface area is 135 Å². The molecule has 2 aromatic heterocycles. The molecule has 0 aromatic carbocycles. The number of thiophene rings is 1. The molecule has 1 saturated heterocycles. The van der Waals surface area contributed by atoms with Gasteiger partial charge in [0.25, 0.3) is 0 Å². The van der Waals surface area contributed by atoms with Crippen molar-refractivity contribution in [2.45, 2.75) is 39.5 Å². The number of likely N-dealkylation sites (tertiary alicyclic amines) is 1. The Kier molecular flexibility index (Phi) is 5.23. The normalized spacial score (nSPS) is 19.6. The van der Waals surface area contributed by atoms with Gasteiger partial charge in [0, 0.05) is 36.5 Å². The Balaban J connectivity index is 1.53. The Bertz CT molecular complexity index is 594. The van der Waals surface area contributed by atoms with Crippen LogP contribution >= 0.6 is 11.3 Å². The van der Waals surface area contributed by atoms with Crippen LogP contribution in [-0.2, 0) is 24.4 Å². The molecular formula is C16H24N4OS. The number of aromatic nitrogens is 3. The van der Waals surface area contributed by atoms with Gasteiger partial charge < -0.3 is 4.74 Å². The SMILES string of the molecule is COCc1cn(CC2CCCN(Cc3ccc(C)s3)C2)nn1. The second kappa shape index (κ2) is 7.35. The van der Waals surface area contributed by atoms with Crippen LogP contribution in [0.2, 0.25) is 0 Å². The predicted octanol–water partition coefficient (Wildman–Crippen LogP) is 2.71. The summed E-state index contributed by atoms with van der Waals surface area (Å²) in [6.07, 6.45) is 4.55. The molecule has 2 aromatic rings. The molecule has 1 fully saturated rings. The number of hydrogen-bond donors (Lipinski definition) is 0. The third-order valence-electron chi connectivity index (χ3n) is 4.10. The standard InChI is InChI=1S/C16H24N4OS/c1-13-5-6-16(22-13)11-19-7-3-4-14(8-19)9-20-10-15(12-21-2)17-18-20/h5-6,10,14H,3-4,7-9,11-12H2,1-2H3. The van der Waals surface area contributed by atoms with Gasteiger partial charge in [-0.1, -0.05) is 5.21 Å². The van der Waals surface area contributed by atoms with E-state index in [1.165, 1.54) is 29.1 Å². The van der Waals surface area contributed by atoms with Crippen LogP contribution < -0.4 is 0 Å². The first-order chi connectivity index (χ1) is 10.7. The van der Waals surface area contributed by atoms with E-state index in [9.17, 15) is 0 Å². The molecule has 0 N–H and O–H groups in total.